The lowest BCUT2D eigenvalue weighted by Crippen LogP contribution is -2.58. The fraction of sp³-hybridized carbons (Fsp3) is 0.261. The highest BCUT2D eigenvalue weighted by Gasteiger charge is 2.59. The first kappa shape index (κ1) is 17.4. The summed E-state index contributed by atoms with van der Waals surface area (Å²) in [7, 11) is 1.67. The summed E-state index contributed by atoms with van der Waals surface area (Å²) in [4.78, 5) is 14.5. The summed E-state index contributed by atoms with van der Waals surface area (Å²) < 4.78 is 5.39. The highest BCUT2D eigenvalue weighted by atomic mass is 16.5. The molecule has 1 saturated heterocycles. The van der Waals surface area contributed by atoms with Crippen molar-refractivity contribution in [2.45, 2.75) is 24.9 Å². The van der Waals surface area contributed by atoms with Crippen molar-refractivity contribution in [3.63, 3.8) is 0 Å². The largest absolute Gasteiger partial charge is 0.496 e. The molecule has 138 valence electrons. The van der Waals surface area contributed by atoms with Gasteiger partial charge in [-0.25, -0.2) is 0 Å². The molecule has 2 heterocycles. The number of methoxy groups -OCH3 is 1. The highest BCUT2D eigenvalue weighted by Crippen LogP contribution is 2.52. The monoisotopic (exact) mass is 360 g/mol. The number of anilines is 1. The lowest BCUT2D eigenvalue weighted by molar-refractivity contribution is -0.118. The van der Waals surface area contributed by atoms with Crippen LogP contribution in [0.25, 0.3) is 6.08 Å². The van der Waals surface area contributed by atoms with Gasteiger partial charge >= 0.3 is 0 Å². The van der Waals surface area contributed by atoms with Crippen molar-refractivity contribution in [1.82, 2.24) is 5.32 Å². The molecule has 1 N–H and O–H groups in total. The van der Waals surface area contributed by atoms with Crippen LogP contribution >= 0.6 is 0 Å². The summed E-state index contributed by atoms with van der Waals surface area (Å²) >= 11 is 0. The van der Waals surface area contributed by atoms with E-state index in [9.17, 15) is 4.79 Å². The number of fused-ring (bicyclic) bond motifs is 3. The first-order valence-corrected chi connectivity index (χ1v) is 9.17. The zero-order valence-corrected chi connectivity index (χ0v) is 15.9. The van der Waals surface area contributed by atoms with Crippen molar-refractivity contribution in [3.8, 4) is 5.75 Å². The van der Waals surface area contributed by atoms with Gasteiger partial charge in [-0.1, -0.05) is 68.5 Å². The zero-order valence-electron chi connectivity index (χ0n) is 15.9. The van der Waals surface area contributed by atoms with Crippen LogP contribution in [0.5, 0.6) is 5.75 Å². The number of hydrogen-bond donors (Lipinski definition) is 1. The maximum atomic E-state index is 12.3. The van der Waals surface area contributed by atoms with E-state index in [1.54, 1.807) is 7.11 Å². The van der Waals surface area contributed by atoms with Crippen LogP contribution in [0.1, 0.15) is 25.0 Å². The molecule has 2 aromatic rings. The molecule has 0 aromatic heterocycles. The Kier molecular flexibility index (Phi) is 4.06. The predicted molar refractivity (Wildman–Crippen MR) is 109 cm³/mol. The van der Waals surface area contributed by atoms with Gasteiger partial charge in [0, 0.05) is 16.7 Å². The molecule has 27 heavy (non-hydrogen) atoms. The molecule has 1 fully saturated rings. The number of nitrogens with one attached hydrogen (secondary N) is 1. The molecular weight excluding hydrogens is 336 g/mol. The van der Waals surface area contributed by atoms with Crippen LogP contribution in [-0.2, 0) is 10.2 Å². The molecule has 4 heteroatoms. The number of carbonyl (C=O) groups is 1. The molecule has 1 atom stereocenters. The van der Waals surface area contributed by atoms with Crippen LogP contribution in [0.3, 0.4) is 0 Å². The van der Waals surface area contributed by atoms with E-state index in [1.807, 2.05) is 48.6 Å². The summed E-state index contributed by atoms with van der Waals surface area (Å²) in [6.45, 7) is 4.75. The third kappa shape index (κ3) is 2.55. The number of nitrogens with zero attached hydrogens (tertiary/aromatic N) is 1. The van der Waals surface area contributed by atoms with Crippen molar-refractivity contribution < 1.29 is 9.53 Å². The van der Waals surface area contributed by atoms with Gasteiger partial charge in [-0.3, -0.25) is 4.79 Å². The van der Waals surface area contributed by atoms with Gasteiger partial charge in [-0.05, 0) is 23.8 Å². The van der Waals surface area contributed by atoms with Crippen LogP contribution in [0.2, 0.25) is 0 Å². The van der Waals surface area contributed by atoms with Crippen LogP contribution in [0.4, 0.5) is 5.69 Å². The van der Waals surface area contributed by atoms with Gasteiger partial charge in [-0.15, -0.1) is 0 Å². The molecule has 0 unspecified atom stereocenters. The minimum atomic E-state index is -0.557. The number of amides is 1. The van der Waals surface area contributed by atoms with Crippen molar-refractivity contribution in [2.24, 2.45) is 0 Å². The number of carbonyl (C=O) groups excluding carboxylic acids is 1. The second-order valence-corrected chi connectivity index (χ2v) is 7.50. The smallest absolute Gasteiger partial charge is 0.241 e. The Bertz CT molecular complexity index is 945. The number of para-hydroxylation sites is 2. The van der Waals surface area contributed by atoms with Crippen LogP contribution in [0, 0.1) is 0 Å². The van der Waals surface area contributed by atoms with Crippen molar-refractivity contribution in [1.29, 1.82) is 0 Å². The second-order valence-electron chi connectivity index (χ2n) is 7.50. The van der Waals surface area contributed by atoms with Gasteiger partial charge in [0.2, 0.25) is 5.91 Å². The summed E-state index contributed by atoms with van der Waals surface area (Å²) in [5.74, 6) is 0.889. The van der Waals surface area contributed by atoms with Crippen LogP contribution in [0.15, 0.2) is 66.8 Å². The minimum Gasteiger partial charge on any atom is -0.496 e. The molecular formula is C23H24N2O2. The quantitative estimate of drug-likeness (QED) is 0.841. The van der Waals surface area contributed by atoms with E-state index in [0.717, 1.165) is 17.0 Å². The molecule has 0 saturated carbocycles. The maximum absolute atomic E-state index is 12.3. The van der Waals surface area contributed by atoms with Crippen LogP contribution < -0.4 is 15.0 Å². The SMILES string of the molecule is COc1ccccc1/C=C/C=C/[C@@]12NC(=O)CN1c1ccccc1C2(C)C. The van der Waals surface area contributed by atoms with Gasteiger partial charge in [0.05, 0.1) is 13.7 Å². The van der Waals surface area contributed by atoms with Crippen LogP contribution in [-0.4, -0.2) is 25.2 Å². The molecule has 4 nitrogen and oxygen atoms in total. The normalized spacial score (nSPS) is 22.9. The van der Waals surface area contributed by atoms with E-state index in [0.29, 0.717) is 6.54 Å². The minimum absolute atomic E-state index is 0.0518. The first-order chi connectivity index (χ1) is 13.0. The van der Waals surface area contributed by atoms with Crippen molar-refractivity contribution >= 4 is 17.7 Å². The molecule has 0 bridgehead atoms. The second kappa shape index (κ2) is 6.31. The van der Waals surface area contributed by atoms with E-state index < -0.39 is 5.66 Å². The number of hydrogen-bond acceptors (Lipinski definition) is 3. The van der Waals surface area contributed by atoms with Gasteiger partial charge in [0.1, 0.15) is 11.4 Å². The molecule has 2 aliphatic rings. The average molecular weight is 360 g/mol. The molecule has 0 radical (unpaired) electrons. The lowest BCUT2D eigenvalue weighted by atomic mass is 9.75. The number of ether oxygens (including phenoxy) is 1. The average Bonchev–Trinajstić information content (AvgIpc) is 3.10. The summed E-state index contributed by atoms with van der Waals surface area (Å²) in [6, 6.07) is 16.2. The van der Waals surface area contributed by atoms with E-state index in [2.05, 4.69) is 48.3 Å². The van der Waals surface area contributed by atoms with E-state index >= 15 is 0 Å². The molecule has 2 aromatic carbocycles. The van der Waals surface area contributed by atoms with Crippen molar-refractivity contribution in [3.05, 3.63) is 77.9 Å². The number of benzene rings is 2. The Morgan fingerprint density at radius 3 is 2.63 bits per heavy atom. The van der Waals surface area contributed by atoms with E-state index in [1.165, 1.54) is 5.56 Å². The first-order valence-electron chi connectivity index (χ1n) is 9.17. The molecule has 2 aliphatic heterocycles. The summed E-state index contributed by atoms with van der Waals surface area (Å²) in [5, 5.41) is 3.23. The highest BCUT2D eigenvalue weighted by molar-refractivity contribution is 5.91. The fourth-order valence-corrected chi connectivity index (χ4v) is 4.30. The Morgan fingerprint density at radius 1 is 1.07 bits per heavy atom. The summed E-state index contributed by atoms with van der Waals surface area (Å²) in [6.07, 6.45) is 8.12. The topological polar surface area (TPSA) is 41.6 Å². The third-order valence-corrected chi connectivity index (χ3v) is 5.74. The van der Waals surface area contributed by atoms with Gasteiger partial charge < -0.3 is 15.0 Å². The van der Waals surface area contributed by atoms with Gasteiger partial charge in [-0.2, -0.15) is 0 Å². The predicted octanol–water partition coefficient (Wildman–Crippen LogP) is 3.89. The summed E-state index contributed by atoms with van der Waals surface area (Å²) in [5.41, 5.74) is 2.59. The van der Waals surface area contributed by atoms with Gasteiger partial charge in [0.15, 0.2) is 0 Å². The van der Waals surface area contributed by atoms with Gasteiger partial charge in [0.25, 0.3) is 0 Å². The Hall–Kier alpha value is -3.01. The zero-order chi connectivity index (χ0) is 19.1. The Morgan fingerprint density at radius 2 is 1.81 bits per heavy atom. The van der Waals surface area contributed by atoms with Crippen molar-refractivity contribution in [2.75, 3.05) is 18.6 Å². The van der Waals surface area contributed by atoms with E-state index in [4.69, 9.17) is 4.74 Å². The van der Waals surface area contributed by atoms with E-state index in [-0.39, 0.29) is 11.3 Å². The number of rotatable bonds is 4. The Labute approximate surface area is 160 Å². The third-order valence-electron chi connectivity index (χ3n) is 5.74. The fourth-order valence-electron chi connectivity index (χ4n) is 4.30. The molecule has 4 rings (SSSR count). The maximum Gasteiger partial charge on any atom is 0.241 e. The molecule has 0 aliphatic carbocycles. The Balaban J connectivity index is 1.68. The lowest BCUT2D eigenvalue weighted by Gasteiger charge is -2.40. The molecule has 0 spiro atoms. The number of allylic oxidation sites excluding steroid dienone is 2. The standard InChI is InChI=1S/C23H24N2O2/c1-22(2)18-12-5-6-13-19(18)25-16-21(26)24-23(22,25)15-9-8-11-17-10-4-7-14-20(17)27-3/h4-15H,16H2,1-3H3,(H,24,26)/b11-8+,15-9+/t23-/m1/s1. The molecule has 1 amide bonds.